The van der Waals surface area contributed by atoms with E-state index in [2.05, 4.69) is 46.1 Å². The topological polar surface area (TPSA) is 29.9 Å². The molecule has 3 heteroatoms. The van der Waals surface area contributed by atoms with Gasteiger partial charge >= 0.3 is 0 Å². The lowest BCUT2D eigenvalue weighted by Gasteiger charge is -2.10. The zero-order valence-corrected chi connectivity index (χ0v) is 11.5. The summed E-state index contributed by atoms with van der Waals surface area (Å²) in [5.74, 6) is 0.824. The molecular formula is C17H17N3. The Morgan fingerprint density at radius 2 is 1.90 bits per heavy atom. The molecule has 3 rings (SSSR count). The standard InChI is InChI=1S/C17H17N3/c1-2-14-7-6-10-16(13-14)20-12-11-18-17(20)19-15-8-4-3-5-9-15/h3-13H,2H2,1H3,(H,18,19). The Hall–Kier alpha value is -2.55. The summed E-state index contributed by atoms with van der Waals surface area (Å²) in [6.07, 6.45) is 4.81. The van der Waals surface area contributed by atoms with Gasteiger partial charge in [-0.2, -0.15) is 0 Å². The molecule has 0 saturated carbocycles. The Labute approximate surface area is 118 Å². The van der Waals surface area contributed by atoms with Gasteiger partial charge in [-0.3, -0.25) is 4.57 Å². The molecule has 1 N–H and O–H groups in total. The summed E-state index contributed by atoms with van der Waals surface area (Å²) in [5.41, 5.74) is 3.48. The SMILES string of the molecule is CCc1cccc(-n2ccnc2Nc2ccccc2)c1. The van der Waals surface area contributed by atoms with E-state index in [1.807, 2.05) is 42.7 Å². The number of rotatable bonds is 4. The van der Waals surface area contributed by atoms with Crippen LogP contribution in [-0.4, -0.2) is 9.55 Å². The summed E-state index contributed by atoms with van der Waals surface area (Å²) in [4.78, 5) is 4.40. The summed E-state index contributed by atoms with van der Waals surface area (Å²) in [6, 6.07) is 18.6. The Morgan fingerprint density at radius 3 is 2.70 bits per heavy atom. The molecule has 0 aliphatic heterocycles. The second-order valence-electron chi connectivity index (χ2n) is 4.64. The van der Waals surface area contributed by atoms with Crippen LogP contribution in [0.4, 0.5) is 11.6 Å². The van der Waals surface area contributed by atoms with E-state index in [1.165, 1.54) is 5.56 Å². The molecular weight excluding hydrogens is 246 g/mol. The smallest absolute Gasteiger partial charge is 0.212 e. The van der Waals surface area contributed by atoms with Crippen LogP contribution in [-0.2, 0) is 6.42 Å². The normalized spacial score (nSPS) is 10.4. The lowest BCUT2D eigenvalue weighted by Crippen LogP contribution is -2.01. The largest absolute Gasteiger partial charge is 0.325 e. The second-order valence-corrected chi connectivity index (χ2v) is 4.64. The van der Waals surface area contributed by atoms with Crippen LogP contribution in [0.25, 0.3) is 5.69 Å². The first-order chi connectivity index (χ1) is 9.86. The monoisotopic (exact) mass is 263 g/mol. The molecule has 0 spiro atoms. The van der Waals surface area contributed by atoms with Crippen molar-refractivity contribution in [1.82, 2.24) is 9.55 Å². The lowest BCUT2D eigenvalue weighted by molar-refractivity contribution is 1.05. The van der Waals surface area contributed by atoms with Gasteiger partial charge in [0.15, 0.2) is 0 Å². The molecule has 0 bridgehead atoms. The summed E-state index contributed by atoms with van der Waals surface area (Å²) in [5, 5.41) is 3.34. The number of aryl methyl sites for hydroxylation is 1. The fourth-order valence-corrected chi connectivity index (χ4v) is 2.18. The highest BCUT2D eigenvalue weighted by molar-refractivity contribution is 5.56. The van der Waals surface area contributed by atoms with Gasteiger partial charge in [-0.1, -0.05) is 37.3 Å². The number of hydrogen-bond acceptors (Lipinski definition) is 2. The van der Waals surface area contributed by atoms with Gasteiger partial charge in [0, 0.05) is 23.8 Å². The van der Waals surface area contributed by atoms with Gasteiger partial charge in [0.25, 0.3) is 0 Å². The van der Waals surface area contributed by atoms with Gasteiger partial charge in [0.1, 0.15) is 0 Å². The van der Waals surface area contributed by atoms with Crippen LogP contribution in [0.1, 0.15) is 12.5 Å². The average molecular weight is 263 g/mol. The maximum absolute atomic E-state index is 4.40. The van der Waals surface area contributed by atoms with Crippen molar-refractivity contribution in [2.45, 2.75) is 13.3 Å². The van der Waals surface area contributed by atoms with Crippen LogP contribution in [0.15, 0.2) is 67.0 Å². The molecule has 0 amide bonds. The number of nitrogens with zero attached hydrogens (tertiary/aromatic N) is 2. The number of benzene rings is 2. The molecule has 0 aliphatic carbocycles. The van der Waals surface area contributed by atoms with Gasteiger partial charge in [0.05, 0.1) is 0 Å². The van der Waals surface area contributed by atoms with Crippen molar-refractivity contribution in [3.63, 3.8) is 0 Å². The highest BCUT2D eigenvalue weighted by Gasteiger charge is 2.05. The van der Waals surface area contributed by atoms with E-state index < -0.39 is 0 Å². The first-order valence-corrected chi connectivity index (χ1v) is 6.81. The molecule has 1 aromatic heterocycles. The maximum atomic E-state index is 4.40. The number of nitrogens with one attached hydrogen (secondary N) is 1. The van der Waals surface area contributed by atoms with E-state index in [9.17, 15) is 0 Å². The van der Waals surface area contributed by atoms with Crippen molar-refractivity contribution >= 4 is 11.6 Å². The third-order valence-electron chi connectivity index (χ3n) is 3.27. The highest BCUT2D eigenvalue weighted by Crippen LogP contribution is 2.19. The van der Waals surface area contributed by atoms with Crippen molar-refractivity contribution < 1.29 is 0 Å². The van der Waals surface area contributed by atoms with E-state index in [-0.39, 0.29) is 0 Å². The maximum Gasteiger partial charge on any atom is 0.212 e. The predicted molar refractivity (Wildman–Crippen MR) is 82.7 cm³/mol. The number of hydrogen-bond donors (Lipinski definition) is 1. The van der Waals surface area contributed by atoms with Crippen molar-refractivity contribution in [1.29, 1.82) is 0 Å². The minimum Gasteiger partial charge on any atom is -0.325 e. The number of para-hydroxylation sites is 1. The van der Waals surface area contributed by atoms with Gasteiger partial charge in [-0.25, -0.2) is 4.98 Å². The Morgan fingerprint density at radius 1 is 1.05 bits per heavy atom. The Bertz CT molecular complexity index is 686. The molecule has 1 heterocycles. The third kappa shape index (κ3) is 2.57. The summed E-state index contributed by atoms with van der Waals surface area (Å²) in [6.45, 7) is 2.16. The second kappa shape index (κ2) is 5.61. The molecule has 0 radical (unpaired) electrons. The van der Waals surface area contributed by atoms with Gasteiger partial charge in [-0.15, -0.1) is 0 Å². The zero-order valence-electron chi connectivity index (χ0n) is 11.5. The van der Waals surface area contributed by atoms with Crippen LogP contribution in [0.2, 0.25) is 0 Å². The van der Waals surface area contributed by atoms with Gasteiger partial charge in [-0.05, 0) is 36.2 Å². The fraction of sp³-hybridized carbons (Fsp3) is 0.118. The summed E-state index contributed by atoms with van der Waals surface area (Å²) >= 11 is 0. The predicted octanol–water partition coefficient (Wildman–Crippen LogP) is 4.18. The number of aromatic nitrogens is 2. The quantitative estimate of drug-likeness (QED) is 0.765. The van der Waals surface area contributed by atoms with Crippen LogP contribution in [0.5, 0.6) is 0 Å². The Balaban J connectivity index is 1.93. The molecule has 0 fully saturated rings. The number of anilines is 2. The highest BCUT2D eigenvalue weighted by atomic mass is 15.2. The fourth-order valence-electron chi connectivity index (χ4n) is 2.18. The minimum atomic E-state index is 0.824. The van der Waals surface area contributed by atoms with Crippen molar-refractivity contribution in [3.05, 3.63) is 72.6 Å². The summed E-state index contributed by atoms with van der Waals surface area (Å²) in [7, 11) is 0. The van der Waals surface area contributed by atoms with Crippen LogP contribution < -0.4 is 5.32 Å². The first-order valence-electron chi connectivity index (χ1n) is 6.81. The van der Waals surface area contributed by atoms with Crippen LogP contribution in [0.3, 0.4) is 0 Å². The van der Waals surface area contributed by atoms with Gasteiger partial charge in [0.2, 0.25) is 5.95 Å². The molecule has 100 valence electrons. The number of imidazole rings is 1. The van der Waals surface area contributed by atoms with Crippen molar-refractivity contribution in [2.24, 2.45) is 0 Å². The molecule has 0 aliphatic rings. The van der Waals surface area contributed by atoms with Gasteiger partial charge < -0.3 is 5.32 Å². The van der Waals surface area contributed by atoms with E-state index in [0.29, 0.717) is 0 Å². The summed E-state index contributed by atoms with van der Waals surface area (Å²) < 4.78 is 2.06. The molecule has 0 unspecified atom stereocenters. The van der Waals surface area contributed by atoms with Crippen LogP contribution >= 0.6 is 0 Å². The molecule has 0 saturated heterocycles. The average Bonchev–Trinajstić information content (AvgIpc) is 2.96. The van der Waals surface area contributed by atoms with E-state index in [1.54, 1.807) is 0 Å². The van der Waals surface area contributed by atoms with Crippen LogP contribution in [0, 0.1) is 0 Å². The molecule has 20 heavy (non-hydrogen) atoms. The van der Waals surface area contributed by atoms with E-state index in [0.717, 1.165) is 23.7 Å². The van der Waals surface area contributed by atoms with Crippen molar-refractivity contribution in [3.8, 4) is 5.69 Å². The molecule has 3 nitrogen and oxygen atoms in total. The lowest BCUT2D eigenvalue weighted by atomic mass is 10.1. The van der Waals surface area contributed by atoms with E-state index in [4.69, 9.17) is 0 Å². The zero-order chi connectivity index (χ0) is 13.8. The van der Waals surface area contributed by atoms with Crippen molar-refractivity contribution in [2.75, 3.05) is 5.32 Å². The third-order valence-corrected chi connectivity index (χ3v) is 3.27. The van der Waals surface area contributed by atoms with E-state index >= 15 is 0 Å². The molecule has 2 aromatic carbocycles. The molecule has 0 atom stereocenters. The molecule has 3 aromatic rings. The first kappa shape index (κ1) is 12.5. The minimum absolute atomic E-state index is 0.824. The Kier molecular flexibility index (Phi) is 3.50.